The number of esters is 3. The molecule has 1 spiro atoms. The molecule has 4 atom stereocenters. The zero-order valence-electron chi connectivity index (χ0n) is 21.7. The Kier molecular flexibility index (Phi) is 7.72. The normalized spacial score (nSPS) is 27.5. The second-order valence-corrected chi connectivity index (χ2v) is 11.9. The second kappa shape index (κ2) is 9.93. The van der Waals surface area contributed by atoms with E-state index >= 15 is 0 Å². The van der Waals surface area contributed by atoms with Crippen molar-refractivity contribution < 1.29 is 43.2 Å². The Balaban J connectivity index is 1.81. The van der Waals surface area contributed by atoms with E-state index in [9.17, 15) is 19.5 Å². The summed E-state index contributed by atoms with van der Waals surface area (Å²) in [6.45, 7) is 12.9. The van der Waals surface area contributed by atoms with E-state index in [4.69, 9.17) is 23.7 Å². The van der Waals surface area contributed by atoms with Crippen LogP contribution in [0.3, 0.4) is 0 Å². The van der Waals surface area contributed by atoms with E-state index in [1.807, 2.05) is 34.6 Å². The smallest absolute Gasteiger partial charge is 0.309 e. The van der Waals surface area contributed by atoms with Gasteiger partial charge in [0.1, 0.15) is 12.2 Å². The zero-order chi connectivity index (χ0) is 26.2. The van der Waals surface area contributed by atoms with Gasteiger partial charge in [0.25, 0.3) is 6.29 Å². The molecule has 0 saturated carbocycles. The summed E-state index contributed by atoms with van der Waals surface area (Å²) in [5.74, 6) is -1.75. The minimum absolute atomic E-state index is 0.108. The summed E-state index contributed by atoms with van der Waals surface area (Å²) >= 11 is 0. The molecule has 0 aromatic rings. The van der Waals surface area contributed by atoms with E-state index in [1.165, 1.54) is 20.1 Å². The molecule has 2 aliphatic heterocycles. The average Bonchev–Trinajstić information content (AvgIpc) is 3.38. The fourth-order valence-corrected chi connectivity index (χ4v) is 4.29. The molecule has 1 fully saturated rings. The van der Waals surface area contributed by atoms with Crippen LogP contribution in [-0.2, 0) is 38.1 Å². The first-order valence-electron chi connectivity index (χ1n) is 12.1. The predicted molar refractivity (Wildman–Crippen MR) is 125 cm³/mol. The summed E-state index contributed by atoms with van der Waals surface area (Å²) in [6, 6.07) is 0. The van der Waals surface area contributed by atoms with Crippen LogP contribution in [0.15, 0.2) is 23.5 Å². The molecule has 1 N–H and O–H groups in total. The van der Waals surface area contributed by atoms with Crippen LogP contribution in [0.1, 0.15) is 67.7 Å². The first-order chi connectivity index (χ1) is 16.1. The minimum Gasteiger partial charge on any atom is -0.461 e. The van der Waals surface area contributed by atoms with E-state index in [0.717, 1.165) is 0 Å². The molecule has 9 nitrogen and oxygen atoms in total. The zero-order valence-corrected chi connectivity index (χ0v) is 21.7. The molecule has 1 aliphatic carbocycles. The highest BCUT2D eigenvalue weighted by molar-refractivity contribution is 5.72. The van der Waals surface area contributed by atoms with Crippen LogP contribution >= 0.6 is 0 Å². The lowest BCUT2D eigenvalue weighted by atomic mass is 9.85. The highest BCUT2D eigenvalue weighted by Crippen LogP contribution is 2.54. The number of ether oxygens (including phenoxy) is 5. The third-order valence-corrected chi connectivity index (χ3v) is 5.86. The number of hydrogen-bond acceptors (Lipinski definition) is 9. The van der Waals surface area contributed by atoms with Gasteiger partial charge in [-0.3, -0.25) is 14.4 Å². The van der Waals surface area contributed by atoms with Crippen LogP contribution in [0.25, 0.3) is 0 Å². The van der Waals surface area contributed by atoms with E-state index in [2.05, 4.69) is 0 Å². The minimum atomic E-state index is -1.20. The molecule has 9 heteroatoms. The van der Waals surface area contributed by atoms with Gasteiger partial charge in [0.05, 0.1) is 37.2 Å². The van der Waals surface area contributed by atoms with Gasteiger partial charge in [0.15, 0.2) is 6.10 Å². The first kappa shape index (κ1) is 27.2. The number of aliphatic hydroxyl groups is 1. The maximum Gasteiger partial charge on any atom is 0.309 e. The highest BCUT2D eigenvalue weighted by Gasteiger charge is 2.68. The van der Waals surface area contributed by atoms with Gasteiger partial charge in [0, 0.05) is 12.0 Å². The van der Waals surface area contributed by atoms with Gasteiger partial charge in [-0.25, -0.2) is 0 Å². The summed E-state index contributed by atoms with van der Waals surface area (Å²) in [7, 11) is 0. The van der Waals surface area contributed by atoms with Crippen molar-refractivity contribution >= 4 is 17.9 Å². The molecule has 196 valence electrons. The van der Waals surface area contributed by atoms with Crippen LogP contribution in [0.5, 0.6) is 0 Å². The van der Waals surface area contributed by atoms with Crippen molar-refractivity contribution in [1.29, 1.82) is 0 Å². The predicted octanol–water partition coefficient (Wildman–Crippen LogP) is 3.19. The third kappa shape index (κ3) is 7.07. The lowest BCUT2D eigenvalue weighted by Gasteiger charge is -2.33. The van der Waals surface area contributed by atoms with Gasteiger partial charge in [-0.1, -0.05) is 34.6 Å². The Morgan fingerprint density at radius 3 is 2.29 bits per heavy atom. The Bertz CT molecular complexity index is 897. The summed E-state index contributed by atoms with van der Waals surface area (Å²) in [4.78, 5) is 37.2. The lowest BCUT2D eigenvalue weighted by Crippen LogP contribution is -2.45. The van der Waals surface area contributed by atoms with Gasteiger partial charge >= 0.3 is 17.9 Å². The quantitative estimate of drug-likeness (QED) is 0.293. The Morgan fingerprint density at radius 1 is 1.09 bits per heavy atom. The summed E-state index contributed by atoms with van der Waals surface area (Å²) in [5.41, 5.74) is -1.09. The van der Waals surface area contributed by atoms with Crippen molar-refractivity contribution in [2.75, 3.05) is 13.2 Å². The SMILES string of the molecule is CC(C)CC(=O)O[C@@H]1OC=C(COC(=O)CC(C)(C)O)C2=C[C@H](OC(=O)CC(C)(C)C)[C@]3(CO3)[C@H]21. The van der Waals surface area contributed by atoms with Crippen LogP contribution in [0.2, 0.25) is 0 Å². The van der Waals surface area contributed by atoms with Crippen LogP contribution in [-0.4, -0.2) is 59.8 Å². The van der Waals surface area contributed by atoms with Gasteiger partial charge in [-0.15, -0.1) is 0 Å². The van der Waals surface area contributed by atoms with Crippen molar-refractivity contribution in [3.63, 3.8) is 0 Å². The molecule has 35 heavy (non-hydrogen) atoms. The van der Waals surface area contributed by atoms with Crippen molar-refractivity contribution in [2.45, 2.75) is 91.3 Å². The largest absolute Gasteiger partial charge is 0.461 e. The standard InChI is InChI=1S/C26H38O9/c1-15(2)8-19(27)35-23-22-17(16(13-32-23)12-31-20(28)11-25(6,7)30)9-18(26(22)14-33-26)34-21(29)10-24(3,4)5/h9,13,15,18,22-23,30H,8,10-12,14H2,1-7H3/t18-,22+,23-,26+/m0/s1. The fourth-order valence-electron chi connectivity index (χ4n) is 4.29. The highest BCUT2D eigenvalue weighted by atomic mass is 16.7. The molecule has 0 unspecified atom stereocenters. The Morgan fingerprint density at radius 2 is 1.74 bits per heavy atom. The number of carbonyl (C=O) groups excluding carboxylic acids is 3. The number of fused-ring (bicyclic) bond motifs is 2. The second-order valence-electron chi connectivity index (χ2n) is 11.9. The number of epoxide rings is 1. The molecular formula is C26H38O9. The molecule has 0 aromatic carbocycles. The topological polar surface area (TPSA) is 121 Å². The summed E-state index contributed by atoms with van der Waals surface area (Å²) < 4.78 is 28.5. The average molecular weight is 495 g/mol. The van der Waals surface area contributed by atoms with E-state index in [1.54, 1.807) is 6.08 Å². The van der Waals surface area contributed by atoms with Gasteiger partial charge in [0.2, 0.25) is 0 Å². The monoisotopic (exact) mass is 494 g/mol. The van der Waals surface area contributed by atoms with Crippen molar-refractivity contribution in [2.24, 2.45) is 17.3 Å². The number of carbonyl (C=O) groups is 3. The fraction of sp³-hybridized carbons (Fsp3) is 0.731. The van der Waals surface area contributed by atoms with E-state index in [0.29, 0.717) is 17.8 Å². The Hall–Kier alpha value is -2.39. The molecule has 3 aliphatic rings. The molecule has 0 radical (unpaired) electrons. The molecule has 3 rings (SSSR count). The molecular weight excluding hydrogens is 456 g/mol. The van der Waals surface area contributed by atoms with E-state index in [-0.39, 0.29) is 43.2 Å². The number of hydrogen-bond donors (Lipinski definition) is 1. The summed E-state index contributed by atoms with van der Waals surface area (Å²) in [6.07, 6.45) is 1.82. The molecule has 1 saturated heterocycles. The van der Waals surface area contributed by atoms with Crippen molar-refractivity contribution in [3.8, 4) is 0 Å². The van der Waals surface area contributed by atoms with Crippen LogP contribution in [0, 0.1) is 17.3 Å². The summed E-state index contributed by atoms with van der Waals surface area (Å²) in [5, 5.41) is 9.87. The maximum absolute atomic E-state index is 12.6. The van der Waals surface area contributed by atoms with Crippen LogP contribution in [0.4, 0.5) is 0 Å². The van der Waals surface area contributed by atoms with Gasteiger partial charge < -0.3 is 28.8 Å². The van der Waals surface area contributed by atoms with Crippen LogP contribution < -0.4 is 0 Å². The van der Waals surface area contributed by atoms with Gasteiger partial charge in [-0.05, 0) is 36.8 Å². The van der Waals surface area contributed by atoms with Gasteiger partial charge in [-0.2, -0.15) is 0 Å². The number of rotatable bonds is 9. The molecule has 0 aromatic heterocycles. The first-order valence-corrected chi connectivity index (χ1v) is 12.1. The maximum atomic E-state index is 12.6. The molecule has 0 amide bonds. The lowest BCUT2D eigenvalue weighted by molar-refractivity contribution is -0.186. The van der Waals surface area contributed by atoms with Crippen molar-refractivity contribution in [1.82, 2.24) is 0 Å². The third-order valence-electron chi connectivity index (χ3n) is 5.86. The molecule has 0 bridgehead atoms. The Labute approximate surface area is 206 Å². The molecule has 2 heterocycles. The van der Waals surface area contributed by atoms with E-state index < -0.39 is 41.5 Å². The van der Waals surface area contributed by atoms with Crippen molar-refractivity contribution in [3.05, 3.63) is 23.5 Å².